The van der Waals surface area contributed by atoms with Gasteiger partial charge in [-0.1, -0.05) is 32.6 Å². The number of piperidine rings is 3. The second kappa shape index (κ2) is 18.4. The van der Waals surface area contributed by atoms with Crippen LogP contribution in [0.5, 0.6) is 0 Å². The normalized spacial score (nSPS) is 23.9. The van der Waals surface area contributed by atoms with Gasteiger partial charge in [-0.25, -0.2) is 0 Å². The number of rotatable bonds is 14. The van der Waals surface area contributed by atoms with E-state index in [9.17, 15) is 14.4 Å². The summed E-state index contributed by atoms with van der Waals surface area (Å²) in [5, 5.41) is 10.8. The standard InChI is InChI=1S/C28H52N2O4.C13H25NO2/c1-25(2)17-21(18-26(3,4)29-25)33-23(31)15-13-11-9-10-12-14-16-24(32)34-22-19-27(5,6)30-28(7,8)20-22;1-6-7-11(15)16-10-8-12(2,3)14-13(4,5)9-10/h21-22,29-30H,9-20H2,1-8H3;10,14H,6-9H2,1-5H3. The van der Waals surface area contributed by atoms with Gasteiger partial charge in [-0.3, -0.25) is 14.4 Å². The fraction of sp³-hybridized carbons (Fsp3) is 0.927. The van der Waals surface area contributed by atoms with Gasteiger partial charge >= 0.3 is 17.9 Å². The van der Waals surface area contributed by atoms with Gasteiger partial charge in [0.25, 0.3) is 0 Å². The number of hydrogen-bond acceptors (Lipinski definition) is 9. The molecule has 3 rings (SSSR count). The number of hydrogen-bond donors (Lipinski definition) is 3. The molecule has 50 heavy (non-hydrogen) atoms. The summed E-state index contributed by atoms with van der Waals surface area (Å²) < 4.78 is 17.1. The number of unbranched alkanes of at least 4 members (excludes halogenated alkanes) is 5. The van der Waals surface area contributed by atoms with E-state index in [4.69, 9.17) is 14.2 Å². The van der Waals surface area contributed by atoms with Gasteiger partial charge in [0.15, 0.2) is 0 Å². The summed E-state index contributed by atoms with van der Waals surface area (Å²) in [5.41, 5.74) is 0.0253. The van der Waals surface area contributed by atoms with Crippen molar-refractivity contribution < 1.29 is 28.6 Å². The molecule has 292 valence electrons. The summed E-state index contributed by atoms with van der Waals surface area (Å²) >= 11 is 0. The van der Waals surface area contributed by atoms with Gasteiger partial charge in [-0.05, 0) is 102 Å². The van der Waals surface area contributed by atoms with Gasteiger partial charge in [0.05, 0.1) is 0 Å². The van der Waals surface area contributed by atoms with Crippen LogP contribution in [0, 0.1) is 0 Å². The summed E-state index contributed by atoms with van der Waals surface area (Å²) in [6.45, 7) is 28.0. The molecule has 0 atom stereocenters. The molecule has 9 nitrogen and oxygen atoms in total. The quantitative estimate of drug-likeness (QED) is 0.0930. The number of nitrogens with one attached hydrogen (secondary N) is 3. The maximum absolute atomic E-state index is 12.3. The van der Waals surface area contributed by atoms with Crippen LogP contribution in [0.2, 0.25) is 0 Å². The first kappa shape index (κ1) is 44.5. The van der Waals surface area contributed by atoms with E-state index in [1.165, 1.54) is 0 Å². The minimum absolute atomic E-state index is 0.000484. The second-order valence-corrected chi connectivity index (χ2v) is 19.6. The monoisotopic (exact) mass is 708 g/mol. The lowest BCUT2D eigenvalue weighted by molar-refractivity contribution is -0.154. The van der Waals surface area contributed by atoms with E-state index in [-0.39, 0.29) is 69.5 Å². The summed E-state index contributed by atoms with van der Waals surface area (Å²) in [6, 6.07) is 0. The van der Waals surface area contributed by atoms with Crippen molar-refractivity contribution in [2.45, 2.75) is 244 Å². The van der Waals surface area contributed by atoms with Gasteiger partial charge in [0.1, 0.15) is 18.3 Å². The van der Waals surface area contributed by atoms with Crippen LogP contribution in [0.3, 0.4) is 0 Å². The SMILES string of the molecule is CC1(C)CC(OC(=O)CCCCCCCCC(=O)OC2CC(C)(C)NC(C)(C)C2)CC(C)(C)N1.CCCC(=O)OC1CC(C)(C)NC(C)(C)C1. The molecule has 0 aromatic rings. The zero-order valence-corrected chi connectivity index (χ0v) is 34.5. The third-order valence-corrected chi connectivity index (χ3v) is 9.82. The topological polar surface area (TPSA) is 115 Å². The van der Waals surface area contributed by atoms with Crippen molar-refractivity contribution in [1.82, 2.24) is 16.0 Å². The number of carbonyl (C=O) groups is 3. The van der Waals surface area contributed by atoms with Gasteiger partial charge in [0.2, 0.25) is 0 Å². The minimum atomic E-state index is -0.0643. The van der Waals surface area contributed by atoms with E-state index < -0.39 is 0 Å². The molecular weight excluding hydrogens is 630 g/mol. The average Bonchev–Trinajstić information content (AvgIpc) is 2.85. The number of ether oxygens (including phenoxy) is 3. The Morgan fingerprint density at radius 3 is 0.880 bits per heavy atom. The smallest absolute Gasteiger partial charge is 0.306 e. The van der Waals surface area contributed by atoms with Gasteiger partial charge in [-0.15, -0.1) is 0 Å². The summed E-state index contributed by atoms with van der Waals surface area (Å²) in [7, 11) is 0. The molecule has 3 fully saturated rings. The van der Waals surface area contributed by atoms with Crippen LogP contribution in [-0.4, -0.2) is 69.5 Å². The lowest BCUT2D eigenvalue weighted by Crippen LogP contribution is -2.59. The fourth-order valence-electron chi connectivity index (χ4n) is 9.12. The van der Waals surface area contributed by atoms with Gasteiger partial charge in [0, 0.05) is 91.0 Å². The van der Waals surface area contributed by atoms with Crippen LogP contribution in [0.15, 0.2) is 0 Å². The Morgan fingerprint density at radius 1 is 0.420 bits per heavy atom. The Hall–Kier alpha value is -1.71. The van der Waals surface area contributed by atoms with E-state index in [1.54, 1.807) is 0 Å². The summed E-state index contributed by atoms with van der Waals surface area (Å²) in [6.07, 6.45) is 13.7. The predicted molar refractivity (Wildman–Crippen MR) is 203 cm³/mol. The van der Waals surface area contributed by atoms with E-state index in [1.807, 2.05) is 6.92 Å². The van der Waals surface area contributed by atoms with Crippen molar-refractivity contribution in [3.63, 3.8) is 0 Å². The zero-order chi connectivity index (χ0) is 38.0. The average molecular weight is 708 g/mol. The molecule has 3 heterocycles. The van der Waals surface area contributed by atoms with Gasteiger partial charge < -0.3 is 30.2 Å². The molecule has 9 heteroatoms. The van der Waals surface area contributed by atoms with Gasteiger partial charge in [-0.2, -0.15) is 0 Å². The highest BCUT2D eigenvalue weighted by Gasteiger charge is 2.41. The molecule has 0 aliphatic carbocycles. The first-order valence-corrected chi connectivity index (χ1v) is 19.8. The van der Waals surface area contributed by atoms with Crippen LogP contribution < -0.4 is 16.0 Å². The highest BCUT2D eigenvalue weighted by molar-refractivity contribution is 5.70. The van der Waals surface area contributed by atoms with E-state index in [0.29, 0.717) is 19.3 Å². The lowest BCUT2D eigenvalue weighted by atomic mass is 9.81. The highest BCUT2D eigenvalue weighted by Crippen LogP contribution is 2.33. The van der Waals surface area contributed by atoms with Crippen LogP contribution >= 0.6 is 0 Å². The van der Waals surface area contributed by atoms with Crippen LogP contribution in [-0.2, 0) is 28.6 Å². The fourth-order valence-corrected chi connectivity index (χ4v) is 9.12. The van der Waals surface area contributed by atoms with E-state index in [2.05, 4.69) is 99.0 Å². The Kier molecular flexibility index (Phi) is 16.3. The molecule has 0 aromatic heterocycles. The first-order chi connectivity index (χ1) is 22.8. The Balaban J connectivity index is 0.000000452. The summed E-state index contributed by atoms with van der Waals surface area (Å²) in [4.78, 5) is 36.1. The third-order valence-electron chi connectivity index (χ3n) is 9.82. The predicted octanol–water partition coefficient (Wildman–Crippen LogP) is 8.45. The molecule has 0 radical (unpaired) electrons. The maximum Gasteiger partial charge on any atom is 0.306 e. The van der Waals surface area contributed by atoms with Crippen molar-refractivity contribution >= 4 is 17.9 Å². The second-order valence-electron chi connectivity index (χ2n) is 19.6. The molecule has 0 aromatic carbocycles. The van der Waals surface area contributed by atoms with Crippen LogP contribution in [0.4, 0.5) is 0 Å². The molecule has 0 spiro atoms. The number of esters is 3. The molecule has 0 saturated carbocycles. The summed E-state index contributed by atoms with van der Waals surface area (Å²) in [5.74, 6) is -0.183. The molecule has 3 saturated heterocycles. The Morgan fingerprint density at radius 2 is 0.640 bits per heavy atom. The molecule has 0 amide bonds. The molecule has 3 N–H and O–H groups in total. The van der Waals surface area contributed by atoms with Crippen molar-refractivity contribution in [3.05, 3.63) is 0 Å². The largest absolute Gasteiger partial charge is 0.462 e. The maximum atomic E-state index is 12.3. The highest BCUT2D eigenvalue weighted by atomic mass is 16.6. The zero-order valence-electron chi connectivity index (χ0n) is 34.5. The molecule has 3 aliphatic heterocycles. The molecular formula is C41H77N3O6. The van der Waals surface area contributed by atoms with Crippen molar-refractivity contribution in [2.75, 3.05) is 0 Å². The minimum Gasteiger partial charge on any atom is -0.462 e. The van der Waals surface area contributed by atoms with Crippen LogP contribution in [0.1, 0.15) is 193 Å². The first-order valence-electron chi connectivity index (χ1n) is 19.8. The molecule has 3 aliphatic rings. The Labute approximate surface area is 306 Å². The lowest BCUT2D eigenvalue weighted by Gasteiger charge is -2.46. The van der Waals surface area contributed by atoms with E-state index >= 15 is 0 Å². The number of carbonyl (C=O) groups excluding carboxylic acids is 3. The van der Waals surface area contributed by atoms with Crippen molar-refractivity contribution in [1.29, 1.82) is 0 Å². The third kappa shape index (κ3) is 18.2. The molecule has 0 unspecified atom stereocenters. The Bertz CT molecular complexity index is 990. The van der Waals surface area contributed by atoms with Crippen molar-refractivity contribution in [2.24, 2.45) is 0 Å². The molecule has 0 bridgehead atoms. The van der Waals surface area contributed by atoms with E-state index in [0.717, 1.165) is 83.5 Å². The van der Waals surface area contributed by atoms with Crippen LogP contribution in [0.25, 0.3) is 0 Å². The van der Waals surface area contributed by atoms with Crippen molar-refractivity contribution in [3.8, 4) is 0 Å².